The summed E-state index contributed by atoms with van der Waals surface area (Å²) in [5.74, 6) is 0.370. The summed E-state index contributed by atoms with van der Waals surface area (Å²) in [4.78, 5) is 14.9. The van der Waals surface area contributed by atoms with Crippen molar-refractivity contribution in [2.45, 2.75) is 57.0 Å². The highest BCUT2D eigenvalue weighted by atomic mass is 19.1. The van der Waals surface area contributed by atoms with E-state index in [0.29, 0.717) is 23.9 Å². The fourth-order valence-electron chi connectivity index (χ4n) is 5.73. The maximum absolute atomic E-state index is 13.3. The first-order chi connectivity index (χ1) is 17.0. The number of halogens is 1. The Morgan fingerprint density at radius 1 is 1.03 bits per heavy atom. The summed E-state index contributed by atoms with van der Waals surface area (Å²) < 4.78 is 22.9. The first-order valence-corrected chi connectivity index (χ1v) is 12.2. The Balaban J connectivity index is 1.13. The van der Waals surface area contributed by atoms with E-state index in [2.05, 4.69) is 15.2 Å². The van der Waals surface area contributed by atoms with Crippen LogP contribution in [0.1, 0.15) is 43.0 Å². The van der Waals surface area contributed by atoms with Gasteiger partial charge in [0, 0.05) is 37.1 Å². The van der Waals surface area contributed by atoms with Gasteiger partial charge in [-0.2, -0.15) is 0 Å². The van der Waals surface area contributed by atoms with E-state index in [1.54, 1.807) is 23.7 Å². The van der Waals surface area contributed by atoms with Crippen molar-refractivity contribution in [1.82, 2.24) is 24.5 Å². The maximum atomic E-state index is 13.3. The van der Waals surface area contributed by atoms with Gasteiger partial charge in [0.2, 0.25) is 0 Å². The van der Waals surface area contributed by atoms with Gasteiger partial charge in [-0.3, -0.25) is 9.69 Å². The minimum atomic E-state index is -0.190. The van der Waals surface area contributed by atoms with Crippen molar-refractivity contribution in [3.8, 4) is 5.75 Å². The van der Waals surface area contributed by atoms with Gasteiger partial charge in [-0.05, 0) is 55.5 Å². The molecule has 7 nitrogen and oxygen atoms in total. The molecular formula is C27H28FN5O2. The number of para-hydroxylation sites is 1. The fourth-order valence-corrected chi connectivity index (χ4v) is 5.73. The molecule has 0 N–H and O–H groups in total. The first kappa shape index (κ1) is 22.0. The van der Waals surface area contributed by atoms with Crippen LogP contribution in [0.4, 0.5) is 4.39 Å². The lowest BCUT2D eigenvalue weighted by atomic mass is 9.96. The maximum Gasteiger partial charge on any atom is 0.254 e. The summed E-state index contributed by atoms with van der Waals surface area (Å²) in [6.07, 6.45) is 6.40. The van der Waals surface area contributed by atoms with E-state index in [1.165, 1.54) is 18.9 Å². The second kappa shape index (κ2) is 8.92. The lowest BCUT2D eigenvalue weighted by molar-refractivity contribution is 0.0944. The molecule has 0 spiro atoms. The van der Waals surface area contributed by atoms with E-state index < -0.39 is 0 Å². The molecule has 0 aliphatic carbocycles. The number of piperidine rings is 1. The van der Waals surface area contributed by atoms with Crippen molar-refractivity contribution < 1.29 is 9.13 Å². The van der Waals surface area contributed by atoms with E-state index in [9.17, 15) is 9.18 Å². The van der Waals surface area contributed by atoms with Gasteiger partial charge >= 0.3 is 0 Å². The van der Waals surface area contributed by atoms with Crippen LogP contribution in [0, 0.1) is 5.82 Å². The number of benzene rings is 2. The van der Waals surface area contributed by atoms with Crippen LogP contribution in [0.25, 0.3) is 10.9 Å². The predicted molar refractivity (Wildman–Crippen MR) is 131 cm³/mol. The van der Waals surface area contributed by atoms with E-state index >= 15 is 0 Å². The Bertz CT molecular complexity index is 1400. The van der Waals surface area contributed by atoms with Gasteiger partial charge < -0.3 is 9.30 Å². The van der Waals surface area contributed by atoms with Crippen molar-refractivity contribution in [3.63, 3.8) is 0 Å². The highest BCUT2D eigenvalue weighted by Crippen LogP contribution is 2.41. The number of rotatable bonds is 6. The third-order valence-electron chi connectivity index (χ3n) is 7.56. The lowest BCUT2D eigenvalue weighted by Crippen LogP contribution is -2.42. The summed E-state index contributed by atoms with van der Waals surface area (Å²) in [5.41, 5.74) is 2.63. The number of hydrogen-bond acceptors (Lipinski definition) is 5. The molecule has 2 aromatic heterocycles. The third-order valence-corrected chi connectivity index (χ3v) is 7.56. The van der Waals surface area contributed by atoms with E-state index in [4.69, 9.17) is 4.74 Å². The Kier molecular flexibility index (Phi) is 5.60. The largest absolute Gasteiger partial charge is 0.486 e. The molecular weight excluding hydrogens is 445 g/mol. The number of fused-ring (bicyclic) bond motifs is 3. The van der Waals surface area contributed by atoms with Gasteiger partial charge in [0.15, 0.2) is 0 Å². The van der Waals surface area contributed by atoms with Gasteiger partial charge in [0.1, 0.15) is 23.9 Å². The monoisotopic (exact) mass is 473 g/mol. The van der Waals surface area contributed by atoms with Crippen LogP contribution in [-0.4, -0.2) is 36.5 Å². The predicted octanol–water partition coefficient (Wildman–Crippen LogP) is 4.22. The molecule has 2 aromatic carbocycles. The summed E-state index contributed by atoms with van der Waals surface area (Å²) in [6.45, 7) is 1.12. The highest BCUT2D eigenvalue weighted by molar-refractivity contribution is 5.85. The fraction of sp³-hybridized carbons (Fsp3) is 0.370. The number of nitrogens with zero attached hydrogens (tertiary/aromatic N) is 5. The number of ether oxygens (including phenoxy) is 1. The molecule has 8 heteroatoms. The van der Waals surface area contributed by atoms with Crippen LogP contribution >= 0.6 is 0 Å². The zero-order valence-electron chi connectivity index (χ0n) is 19.7. The Labute approximate surface area is 202 Å². The van der Waals surface area contributed by atoms with E-state index in [0.717, 1.165) is 41.5 Å². The average molecular weight is 474 g/mol. The van der Waals surface area contributed by atoms with Crippen molar-refractivity contribution in [3.05, 3.63) is 88.2 Å². The zero-order chi connectivity index (χ0) is 23.9. The molecule has 2 bridgehead atoms. The topological polar surface area (TPSA) is 65.2 Å². The first-order valence-electron chi connectivity index (χ1n) is 12.2. The van der Waals surface area contributed by atoms with E-state index in [-0.39, 0.29) is 18.0 Å². The summed E-state index contributed by atoms with van der Waals surface area (Å²) in [7, 11) is 1.76. The number of hydrogen-bond donors (Lipinski definition) is 0. The molecule has 0 saturated carbocycles. The van der Waals surface area contributed by atoms with Crippen molar-refractivity contribution in [1.29, 1.82) is 0 Å². The van der Waals surface area contributed by atoms with Crippen LogP contribution in [0.5, 0.6) is 5.75 Å². The normalized spacial score (nSPS) is 22.1. The molecule has 2 unspecified atom stereocenters. The Morgan fingerprint density at radius 2 is 1.77 bits per heavy atom. The lowest BCUT2D eigenvalue weighted by Gasteiger charge is -2.38. The standard InChI is InChI=1S/C27H28FN5O2/c1-31-25-5-3-2-4-24(25)26(14-27(31)34)35-17-20-16-33(30-29-20)23-12-21-10-11-22(13-23)32(21)15-18-6-8-19(28)9-7-18/h2-9,14,16,21-23H,10-13,15,17H2,1H3. The quantitative estimate of drug-likeness (QED) is 0.420. The Hall–Kier alpha value is -3.52. The van der Waals surface area contributed by atoms with Crippen LogP contribution in [0.15, 0.2) is 65.6 Å². The molecule has 2 saturated heterocycles. The van der Waals surface area contributed by atoms with Gasteiger partial charge in [-0.25, -0.2) is 9.07 Å². The molecule has 2 aliphatic rings. The summed E-state index contributed by atoms with van der Waals surface area (Å²) in [5, 5.41) is 9.67. The summed E-state index contributed by atoms with van der Waals surface area (Å²) in [6, 6.07) is 17.4. The van der Waals surface area contributed by atoms with Crippen molar-refractivity contribution in [2.75, 3.05) is 0 Å². The van der Waals surface area contributed by atoms with Gasteiger partial charge in [-0.1, -0.05) is 29.5 Å². The SMILES string of the molecule is Cn1c(=O)cc(OCc2cn(C3CC4CCC(C3)N4Cc3ccc(F)cc3)nn2)c2ccccc21. The average Bonchev–Trinajstić information content (AvgIpc) is 3.43. The smallest absolute Gasteiger partial charge is 0.254 e. The number of aromatic nitrogens is 4. The van der Waals surface area contributed by atoms with Crippen molar-refractivity contribution >= 4 is 10.9 Å². The van der Waals surface area contributed by atoms with Crippen LogP contribution in [0.2, 0.25) is 0 Å². The van der Waals surface area contributed by atoms with Crippen LogP contribution in [-0.2, 0) is 20.2 Å². The van der Waals surface area contributed by atoms with Gasteiger partial charge in [0.25, 0.3) is 5.56 Å². The van der Waals surface area contributed by atoms with Crippen LogP contribution < -0.4 is 10.3 Å². The molecule has 4 aromatic rings. The summed E-state index contributed by atoms with van der Waals surface area (Å²) >= 11 is 0. The second-order valence-corrected chi connectivity index (χ2v) is 9.71. The minimum absolute atomic E-state index is 0.106. The molecule has 4 heterocycles. The minimum Gasteiger partial charge on any atom is -0.486 e. The van der Waals surface area contributed by atoms with Crippen molar-refractivity contribution in [2.24, 2.45) is 7.05 Å². The number of aryl methyl sites for hydroxylation is 1. The molecule has 6 rings (SSSR count). The van der Waals surface area contributed by atoms with Gasteiger partial charge in [-0.15, -0.1) is 5.10 Å². The second-order valence-electron chi connectivity index (χ2n) is 9.71. The zero-order valence-corrected chi connectivity index (χ0v) is 19.7. The molecule has 2 atom stereocenters. The molecule has 2 fully saturated rings. The van der Waals surface area contributed by atoms with E-state index in [1.807, 2.05) is 47.3 Å². The molecule has 0 amide bonds. The van der Waals surface area contributed by atoms with Gasteiger partial charge in [0.05, 0.1) is 17.8 Å². The Morgan fingerprint density at radius 3 is 2.54 bits per heavy atom. The molecule has 2 aliphatic heterocycles. The third kappa shape index (κ3) is 4.23. The molecule has 180 valence electrons. The molecule has 0 radical (unpaired) electrons. The van der Waals surface area contributed by atoms with Crippen LogP contribution in [0.3, 0.4) is 0 Å². The highest BCUT2D eigenvalue weighted by Gasteiger charge is 2.41. The molecule has 35 heavy (non-hydrogen) atoms. The number of pyridine rings is 1.